The second kappa shape index (κ2) is 11.8. The summed E-state index contributed by atoms with van der Waals surface area (Å²) in [7, 11) is 0. The van der Waals surface area contributed by atoms with Crippen molar-refractivity contribution in [2.75, 3.05) is 18.4 Å². The van der Waals surface area contributed by atoms with Crippen molar-refractivity contribution in [1.29, 1.82) is 0 Å². The molecule has 2 amide bonds. The number of aromatic amines is 1. The van der Waals surface area contributed by atoms with Crippen molar-refractivity contribution in [1.82, 2.24) is 25.4 Å². The maximum absolute atomic E-state index is 12.5. The number of anilines is 1. The van der Waals surface area contributed by atoms with E-state index in [4.69, 9.17) is 4.74 Å². The Balaban J connectivity index is 1.46. The number of allylic oxidation sites excluding steroid dienone is 2. The van der Waals surface area contributed by atoms with Crippen LogP contribution in [0.1, 0.15) is 37.0 Å². The molecule has 1 fully saturated rings. The number of benzene rings is 1. The summed E-state index contributed by atoms with van der Waals surface area (Å²) in [6.45, 7) is 12.7. The van der Waals surface area contributed by atoms with Crippen LogP contribution in [0.15, 0.2) is 71.8 Å². The summed E-state index contributed by atoms with van der Waals surface area (Å²) in [6, 6.07) is 8.68. The van der Waals surface area contributed by atoms with E-state index in [0.717, 1.165) is 24.3 Å². The fourth-order valence-corrected chi connectivity index (χ4v) is 4.66. The molecule has 1 atom stereocenters. The first kappa shape index (κ1) is 26.0. The van der Waals surface area contributed by atoms with Crippen molar-refractivity contribution in [3.63, 3.8) is 0 Å². The number of nitrogens with zero attached hydrogens (tertiary/aromatic N) is 3. The number of carbonyl (C=O) groups is 2. The number of nitrogens with one attached hydrogen (secondary N) is 3. The number of pyridine rings is 1. The van der Waals surface area contributed by atoms with E-state index in [9.17, 15) is 9.59 Å². The highest BCUT2D eigenvalue weighted by molar-refractivity contribution is 8.06. The number of ether oxygens (including phenoxy) is 1. The van der Waals surface area contributed by atoms with Gasteiger partial charge in [-0.25, -0.2) is 4.98 Å². The summed E-state index contributed by atoms with van der Waals surface area (Å²) in [6.07, 6.45) is 6.75. The number of likely N-dealkylation sites (tertiary alicyclic amines) is 1. The van der Waals surface area contributed by atoms with Crippen LogP contribution >= 0.6 is 11.8 Å². The predicted molar refractivity (Wildman–Crippen MR) is 147 cm³/mol. The smallest absolute Gasteiger partial charge is 0.256 e. The normalized spacial score (nSPS) is 15.8. The van der Waals surface area contributed by atoms with Crippen LogP contribution < -0.4 is 15.4 Å². The van der Waals surface area contributed by atoms with E-state index < -0.39 is 0 Å². The molecule has 0 spiro atoms. The van der Waals surface area contributed by atoms with Crippen LogP contribution in [0, 0.1) is 0 Å². The Labute approximate surface area is 220 Å². The molecule has 4 rings (SSSR count). The highest BCUT2D eigenvalue weighted by Gasteiger charge is 2.24. The molecule has 0 aliphatic carbocycles. The molecule has 37 heavy (non-hydrogen) atoms. The fourth-order valence-electron chi connectivity index (χ4n) is 4.01. The Bertz CT molecular complexity index is 1350. The van der Waals surface area contributed by atoms with E-state index in [-0.39, 0.29) is 17.9 Å². The lowest BCUT2D eigenvalue weighted by Gasteiger charge is -2.32. The lowest BCUT2D eigenvalue weighted by molar-refractivity contribution is -0.127. The second-order valence-electron chi connectivity index (χ2n) is 8.58. The first-order valence-electron chi connectivity index (χ1n) is 12.0. The molecule has 1 saturated heterocycles. The average molecular weight is 519 g/mol. The molecule has 0 radical (unpaired) electrons. The average Bonchev–Trinajstić information content (AvgIpc) is 3.32. The van der Waals surface area contributed by atoms with Crippen molar-refractivity contribution in [2.45, 2.75) is 32.7 Å². The van der Waals surface area contributed by atoms with Gasteiger partial charge in [0, 0.05) is 37.0 Å². The van der Waals surface area contributed by atoms with Crippen LogP contribution in [-0.4, -0.2) is 51.0 Å². The largest absolute Gasteiger partial charge is 0.456 e. The summed E-state index contributed by atoms with van der Waals surface area (Å²) in [5, 5.41) is 14.9. The number of aromatic nitrogens is 3. The minimum Gasteiger partial charge on any atom is -0.456 e. The number of carbonyl (C=O) groups excluding carboxylic acids is 2. The first-order valence-corrected chi connectivity index (χ1v) is 12.8. The molecule has 192 valence electrons. The van der Waals surface area contributed by atoms with Gasteiger partial charge in [0.05, 0.1) is 5.03 Å². The molecule has 0 saturated carbocycles. The maximum Gasteiger partial charge on any atom is 0.256 e. The SMILES string of the molecule is C=CC(=O)N1CCCC(Nc2n[nH]c3nccc(Oc4ccc(C(=O)NC(=C)S/C(C)=C\C)cc4)c23)C1. The third kappa shape index (κ3) is 6.39. The van der Waals surface area contributed by atoms with Gasteiger partial charge >= 0.3 is 0 Å². The molecular formula is C27H30N6O3S. The van der Waals surface area contributed by atoms with Crippen LogP contribution in [0.3, 0.4) is 0 Å². The van der Waals surface area contributed by atoms with Crippen LogP contribution in [0.5, 0.6) is 11.5 Å². The Morgan fingerprint density at radius 1 is 1.27 bits per heavy atom. The fraction of sp³-hybridized carbons (Fsp3) is 0.259. The second-order valence-corrected chi connectivity index (χ2v) is 9.92. The summed E-state index contributed by atoms with van der Waals surface area (Å²) in [4.78, 5) is 31.8. The van der Waals surface area contributed by atoms with Gasteiger partial charge in [0.2, 0.25) is 5.91 Å². The molecule has 3 N–H and O–H groups in total. The van der Waals surface area contributed by atoms with Crippen molar-refractivity contribution >= 4 is 40.4 Å². The number of H-pyrrole nitrogens is 1. The van der Waals surface area contributed by atoms with Gasteiger partial charge < -0.3 is 20.3 Å². The topological polar surface area (TPSA) is 112 Å². The zero-order chi connectivity index (χ0) is 26.4. The molecule has 1 unspecified atom stereocenters. The number of fused-ring (bicyclic) bond motifs is 1. The van der Waals surface area contributed by atoms with Crippen molar-refractivity contribution in [2.24, 2.45) is 0 Å². The van der Waals surface area contributed by atoms with E-state index in [0.29, 0.717) is 45.5 Å². The Morgan fingerprint density at radius 2 is 2.05 bits per heavy atom. The number of piperidine rings is 1. The zero-order valence-corrected chi connectivity index (χ0v) is 21.7. The van der Waals surface area contributed by atoms with Gasteiger partial charge in [-0.15, -0.1) is 0 Å². The van der Waals surface area contributed by atoms with Crippen LogP contribution in [0.4, 0.5) is 5.82 Å². The zero-order valence-electron chi connectivity index (χ0n) is 20.9. The highest BCUT2D eigenvalue weighted by Crippen LogP contribution is 2.33. The van der Waals surface area contributed by atoms with E-state index >= 15 is 0 Å². The predicted octanol–water partition coefficient (Wildman–Crippen LogP) is 5.20. The monoisotopic (exact) mass is 518 g/mol. The molecular weight excluding hydrogens is 488 g/mol. The van der Waals surface area contributed by atoms with Crippen molar-refractivity contribution < 1.29 is 14.3 Å². The Kier molecular flexibility index (Phi) is 8.29. The van der Waals surface area contributed by atoms with Crippen LogP contribution in [-0.2, 0) is 4.79 Å². The van der Waals surface area contributed by atoms with Gasteiger partial charge in [-0.3, -0.25) is 14.7 Å². The molecule has 3 heterocycles. The number of amides is 2. The van der Waals surface area contributed by atoms with Gasteiger partial charge in [-0.05, 0) is 61.9 Å². The maximum atomic E-state index is 12.5. The van der Waals surface area contributed by atoms with E-state index in [2.05, 4.69) is 39.0 Å². The summed E-state index contributed by atoms with van der Waals surface area (Å²) < 4.78 is 6.16. The summed E-state index contributed by atoms with van der Waals surface area (Å²) in [5.74, 6) is 1.43. The minimum atomic E-state index is -0.239. The Morgan fingerprint density at radius 3 is 2.78 bits per heavy atom. The van der Waals surface area contributed by atoms with Crippen molar-refractivity contribution in [3.8, 4) is 11.5 Å². The van der Waals surface area contributed by atoms with Crippen LogP contribution in [0.25, 0.3) is 11.0 Å². The van der Waals surface area contributed by atoms with Gasteiger partial charge in [0.25, 0.3) is 5.91 Å². The minimum absolute atomic E-state index is 0.0412. The molecule has 9 nitrogen and oxygen atoms in total. The molecule has 1 aliphatic rings. The number of hydrogen-bond acceptors (Lipinski definition) is 7. The van der Waals surface area contributed by atoms with Crippen molar-refractivity contribution in [3.05, 3.63) is 77.3 Å². The Hall–Kier alpha value is -4.05. The number of hydrogen-bond donors (Lipinski definition) is 3. The van der Waals surface area contributed by atoms with E-state index in [1.165, 1.54) is 17.8 Å². The molecule has 0 bridgehead atoms. The van der Waals surface area contributed by atoms with E-state index in [1.807, 2.05) is 19.9 Å². The lowest BCUT2D eigenvalue weighted by Crippen LogP contribution is -2.44. The molecule has 1 aromatic carbocycles. The van der Waals surface area contributed by atoms with E-state index in [1.54, 1.807) is 41.4 Å². The summed E-state index contributed by atoms with van der Waals surface area (Å²) >= 11 is 1.41. The first-order chi connectivity index (χ1) is 17.9. The van der Waals surface area contributed by atoms with Crippen LogP contribution in [0.2, 0.25) is 0 Å². The van der Waals surface area contributed by atoms with Gasteiger partial charge in [-0.2, -0.15) is 5.10 Å². The number of thioether (sulfide) groups is 1. The highest BCUT2D eigenvalue weighted by atomic mass is 32.2. The molecule has 1 aliphatic heterocycles. The lowest BCUT2D eigenvalue weighted by atomic mass is 10.1. The molecule has 10 heteroatoms. The number of rotatable bonds is 9. The van der Waals surface area contributed by atoms with Gasteiger partial charge in [0.15, 0.2) is 11.5 Å². The molecule has 2 aromatic heterocycles. The van der Waals surface area contributed by atoms with Gasteiger partial charge in [-0.1, -0.05) is 31.0 Å². The third-order valence-corrected chi connectivity index (χ3v) is 6.87. The standard InChI is InChI=1S/C27H30N6O3S/c1-5-17(3)37-18(4)29-27(35)19-9-11-21(12-10-19)36-22-13-14-28-25-24(22)26(32-31-25)30-20-8-7-15-33(16-20)23(34)6-2/h5-6,9-14,20H,2,4,7-8,15-16H2,1,3H3,(H,29,35)(H2,28,30,31,32)/b17-5-. The quantitative estimate of drug-likeness (QED) is 0.334. The van der Waals surface area contributed by atoms with Gasteiger partial charge in [0.1, 0.15) is 16.9 Å². The summed E-state index contributed by atoms with van der Waals surface area (Å²) in [5.41, 5.74) is 1.08. The third-order valence-electron chi connectivity index (χ3n) is 5.96. The molecule has 3 aromatic rings.